The van der Waals surface area contributed by atoms with Crippen molar-refractivity contribution < 1.29 is 14.3 Å². The van der Waals surface area contributed by atoms with Crippen LogP contribution < -0.4 is 5.32 Å². The van der Waals surface area contributed by atoms with Crippen LogP contribution in [0.25, 0.3) is 11.0 Å². The third-order valence-electron chi connectivity index (χ3n) is 3.68. The second-order valence-corrected chi connectivity index (χ2v) is 6.33. The van der Waals surface area contributed by atoms with Crippen LogP contribution in [-0.2, 0) is 4.74 Å². The number of ether oxygens (including phenoxy) is 1. The van der Waals surface area contributed by atoms with Gasteiger partial charge in [-0.15, -0.1) is 11.3 Å². The second kappa shape index (κ2) is 7.29. The van der Waals surface area contributed by atoms with Crippen molar-refractivity contribution in [2.75, 3.05) is 11.9 Å². The Morgan fingerprint density at radius 3 is 2.69 bits per heavy atom. The van der Waals surface area contributed by atoms with Gasteiger partial charge in [-0.25, -0.2) is 4.79 Å². The van der Waals surface area contributed by atoms with E-state index in [4.69, 9.17) is 4.74 Å². The topological polar surface area (TPSA) is 105 Å². The fourth-order valence-electron chi connectivity index (χ4n) is 2.41. The number of fused-ring (bicyclic) bond motifs is 1. The summed E-state index contributed by atoms with van der Waals surface area (Å²) < 4.78 is 4.99. The van der Waals surface area contributed by atoms with Gasteiger partial charge in [0.25, 0.3) is 5.91 Å². The minimum Gasteiger partial charge on any atom is -0.462 e. The first-order valence-corrected chi connectivity index (χ1v) is 8.59. The van der Waals surface area contributed by atoms with Gasteiger partial charge in [-0.2, -0.15) is 5.26 Å². The number of anilines is 1. The Morgan fingerprint density at radius 1 is 1.27 bits per heavy atom. The molecule has 26 heavy (non-hydrogen) atoms. The third-order valence-corrected chi connectivity index (χ3v) is 4.87. The van der Waals surface area contributed by atoms with Crippen LogP contribution in [0.1, 0.15) is 38.1 Å². The Balaban J connectivity index is 1.92. The number of aromatic nitrogens is 2. The number of nitriles is 1. The Bertz CT molecular complexity index is 1050. The number of rotatable bonds is 4. The number of esters is 1. The number of carbonyl (C=O) groups is 2. The van der Waals surface area contributed by atoms with E-state index in [9.17, 15) is 14.9 Å². The highest BCUT2D eigenvalue weighted by Gasteiger charge is 2.22. The predicted octanol–water partition coefficient (Wildman–Crippen LogP) is 3.30. The van der Waals surface area contributed by atoms with Crippen LogP contribution in [0.4, 0.5) is 5.00 Å². The standard InChI is InChI=1S/C18H14N4O3S/c1-3-25-18(24)15-10(2)12(9-19)17(26-15)22-16(23)11-4-5-13-14(8-11)21-7-6-20-13/h4-8H,3H2,1-2H3,(H,22,23). The van der Waals surface area contributed by atoms with E-state index in [2.05, 4.69) is 15.3 Å². The first-order chi connectivity index (χ1) is 12.5. The van der Waals surface area contributed by atoms with Crippen LogP contribution in [-0.4, -0.2) is 28.5 Å². The van der Waals surface area contributed by atoms with Gasteiger partial charge < -0.3 is 10.1 Å². The molecular weight excluding hydrogens is 352 g/mol. The van der Waals surface area contributed by atoms with Crippen molar-refractivity contribution in [1.29, 1.82) is 5.26 Å². The molecule has 0 aliphatic heterocycles. The summed E-state index contributed by atoms with van der Waals surface area (Å²) >= 11 is 1.03. The van der Waals surface area contributed by atoms with E-state index in [0.717, 1.165) is 11.3 Å². The lowest BCUT2D eigenvalue weighted by atomic mass is 10.1. The van der Waals surface area contributed by atoms with Crippen LogP contribution in [0.3, 0.4) is 0 Å². The quantitative estimate of drug-likeness (QED) is 0.710. The highest BCUT2D eigenvalue weighted by atomic mass is 32.1. The maximum atomic E-state index is 12.6. The summed E-state index contributed by atoms with van der Waals surface area (Å²) in [6.07, 6.45) is 3.12. The average molecular weight is 366 g/mol. The van der Waals surface area contributed by atoms with E-state index >= 15 is 0 Å². The molecular formula is C18H14N4O3S. The lowest BCUT2D eigenvalue weighted by Gasteiger charge is -2.04. The molecule has 3 rings (SSSR count). The Labute approximate surface area is 153 Å². The number of thiophene rings is 1. The van der Waals surface area contributed by atoms with Gasteiger partial charge >= 0.3 is 5.97 Å². The van der Waals surface area contributed by atoms with Crippen molar-refractivity contribution >= 4 is 39.2 Å². The lowest BCUT2D eigenvalue weighted by molar-refractivity contribution is 0.0531. The van der Waals surface area contributed by atoms with Crippen LogP contribution >= 0.6 is 11.3 Å². The molecule has 7 nitrogen and oxygen atoms in total. The second-order valence-electron chi connectivity index (χ2n) is 5.31. The van der Waals surface area contributed by atoms with Crippen molar-refractivity contribution in [3.05, 3.63) is 52.2 Å². The van der Waals surface area contributed by atoms with Gasteiger partial charge in [-0.05, 0) is 37.6 Å². The van der Waals surface area contributed by atoms with Crippen LogP contribution in [0.15, 0.2) is 30.6 Å². The highest BCUT2D eigenvalue weighted by Crippen LogP contribution is 2.33. The summed E-state index contributed by atoms with van der Waals surface area (Å²) in [5.41, 5.74) is 2.40. The molecule has 0 aliphatic carbocycles. The summed E-state index contributed by atoms with van der Waals surface area (Å²) in [4.78, 5) is 33.2. The zero-order chi connectivity index (χ0) is 18.7. The molecule has 3 aromatic rings. The van der Waals surface area contributed by atoms with Gasteiger partial charge in [0, 0.05) is 18.0 Å². The minimum atomic E-state index is -0.507. The SMILES string of the molecule is CCOC(=O)c1sc(NC(=O)c2ccc3nccnc3c2)c(C#N)c1C. The summed E-state index contributed by atoms with van der Waals surface area (Å²) in [5, 5.41) is 12.4. The average Bonchev–Trinajstić information content (AvgIpc) is 2.96. The molecule has 0 aliphatic rings. The molecule has 0 bridgehead atoms. The first-order valence-electron chi connectivity index (χ1n) is 7.77. The Hall–Kier alpha value is -3.31. The lowest BCUT2D eigenvalue weighted by Crippen LogP contribution is -2.11. The van der Waals surface area contributed by atoms with Crippen LogP contribution in [0.2, 0.25) is 0 Å². The van der Waals surface area contributed by atoms with E-state index in [-0.39, 0.29) is 12.2 Å². The molecule has 130 valence electrons. The summed E-state index contributed by atoms with van der Waals surface area (Å²) in [6.45, 7) is 3.60. The molecule has 2 aromatic heterocycles. The minimum absolute atomic E-state index is 0.234. The van der Waals surface area contributed by atoms with Gasteiger partial charge in [-0.1, -0.05) is 0 Å². The highest BCUT2D eigenvalue weighted by molar-refractivity contribution is 7.18. The molecule has 0 unspecified atom stereocenters. The summed E-state index contributed by atoms with van der Waals surface area (Å²) in [6, 6.07) is 6.99. The van der Waals surface area contributed by atoms with Crippen molar-refractivity contribution in [3.63, 3.8) is 0 Å². The van der Waals surface area contributed by atoms with E-state index < -0.39 is 11.9 Å². The van der Waals surface area contributed by atoms with E-state index in [1.54, 1.807) is 44.4 Å². The van der Waals surface area contributed by atoms with Crippen LogP contribution in [0.5, 0.6) is 0 Å². The van der Waals surface area contributed by atoms with Gasteiger partial charge in [0.15, 0.2) is 0 Å². The van der Waals surface area contributed by atoms with Crippen molar-refractivity contribution in [1.82, 2.24) is 9.97 Å². The fraction of sp³-hybridized carbons (Fsp3) is 0.167. The smallest absolute Gasteiger partial charge is 0.348 e. The summed E-state index contributed by atoms with van der Waals surface area (Å²) in [5.74, 6) is -0.904. The Kier molecular flexibility index (Phi) is 4.91. The molecule has 0 radical (unpaired) electrons. The maximum Gasteiger partial charge on any atom is 0.348 e. The van der Waals surface area contributed by atoms with E-state index in [0.29, 0.717) is 32.0 Å². The molecule has 0 spiro atoms. The summed E-state index contributed by atoms with van der Waals surface area (Å²) in [7, 11) is 0. The fourth-order valence-corrected chi connectivity index (χ4v) is 3.45. The normalized spacial score (nSPS) is 10.3. The first kappa shape index (κ1) is 17.5. The third kappa shape index (κ3) is 3.25. The van der Waals surface area contributed by atoms with Crippen LogP contribution in [0, 0.1) is 18.3 Å². The molecule has 8 heteroatoms. The van der Waals surface area contributed by atoms with Crippen molar-refractivity contribution in [3.8, 4) is 6.07 Å². The van der Waals surface area contributed by atoms with Gasteiger partial charge in [0.1, 0.15) is 15.9 Å². The number of hydrogen-bond acceptors (Lipinski definition) is 7. The molecule has 1 amide bonds. The number of benzene rings is 1. The molecule has 0 saturated heterocycles. The monoisotopic (exact) mass is 366 g/mol. The van der Waals surface area contributed by atoms with Gasteiger partial charge in [-0.3, -0.25) is 14.8 Å². The molecule has 0 atom stereocenters. The Morgan fingerprint density at radius 2 is 2.00 bits per heavy atom. The molecule has 2 heterocycles. The predicted molar refractivity (Wildman–Crippen MR) is 97.2 cm³/mol. The number of nitrogens with one attached hydrogen (secondary N) is 1. The van der Waals surface area contributed by atoms with Gasteiger partial charge in [0.2, 0.25) is 0 Å². The number of hydrogen-bond donors (Lipinski definition) is 1. The molecule has 1 N–H and O–H groups in total. The van der Waals surface area contributed by atoms with E-state index in [1.165, 1.54) is 0 Å². The largest absolute Gasteiger partial charge is 0.462 e. The number of amides is 1. The molecule has 0 fully saturated rings. The number of carbonyl (C=O) groups excluding carboxylic acids is 2. The van der Waals surface area contributed by atoms with Gasteiger partial charge in [0.05, 0.1) is 23.2 Å². The number of nitrogens with zero attached hydrogens (tertiary/aromatic N) is 3. The molecule has 1 aromatic carbocycles. The van der Waals surface area contributed by atoms with Crippen molar-refractivity contribution in [2.45, 2.75) is 13.8 Å². The maximum absolute atomic E-state index is 12.6. The zero-order valence-corrected chi connectivity index (χ0v) is 14.9. The molecule has 0 saturated carbocycles. The van der Waals surface area contributed by atoms with Crippen molar-refractivity contribution in [2.24, 2.45) is 0 Å². The van der Waals surface area contributed by atoms with E-state index in [1.807, 2.05) is 6.07 Å². The zero-order valence-electron chi connectivity index (χ0n) is 14.1.